The molecule has 0 aliphatic rings. The zero-order valence-corrected chi connectivity index (χ0v) is 14.7. The number of halogens is 2. The van der Waals surface area contributed by atoms with Crippen molar-refractivity contribution < 1.29 is 4.79 Å². The van der Waals surface area contributed by atoms with Crippen molar-refractivity contribution in [2.45, 2.75) is 20.4 Å². The van der Waals surface area contributed by atoms with E-state index < -0.39 is 0 Å². The van der Waals surface area contributed by atoms with Gasteiger partial charge in [0.05, 0.1) is 5.69 Å². The molecule has 0 spiro atoms. The second kappa shape index (κ2) is 9.95. The zero-order chi connectivity index (χ0) is 14.5. The lowest BCUT2D eigenvalue weighted by Crippen LogP contribution is -2.40. The van der Waals surface area contributed by atoms with Crippen LogP contribution in [0.5, 0.6) is 0 Å². The number of pyridine rings is 1. The van der Waals surface area contributed by atoms with Gasteiger partial charge in [0.1, 0.15) is 0 Å². The Morgan fingerprint density at radius 3 is 2.52 bits per heavy atom. The minimum atomic E-state index is -0.0797. The number of nitrogens with two attached hydrogens (primary N) is 1. The molecule has 0 aliphatic heterocycles. The van der Waals surface area contributed by atoms with E-state index in [4.69, 9.17) is 5.73 Å². The summed E-state index contributed by atoms with van der Waals surface area (Å²) in [6, 6.07) is 3.43. The van der Waals surface area contributed by atoms with Crippen LogP contribution in [0.15, 0.2) is 18.3 Å². The molecule has 122 valence electrons. The molecule has 0 aliphatic carbocycles. The molecule has 7 heteroatoms. The molecule has 0 saturated heterocycles. The summed E-state index contributed by atoms with van der Waals surface area (Å²) in [5.74, 6) is -0.0797. The molecule has 1 heterocycles. The maximum atomic E-state index is 12.1. The minimum Gasteiger partial charge on any atom is -0.351 e. The average Bonchev–Trinajstić information content (AvgIpc) is 2.34. The molecular formula is C14H26Cl2N4O. The van der Waals surface area contributed by atoms with E-state index in [1.54, 1.807) is 18.3 Å². The number of carbonyl (C=O) groups excluding carboxylic acids is 1. The highest BCUT2D eigenvalue weighted by Crippen LogP contribution is 2.14. The van der Waals surface area contributed by atoms with Crippen molar-refractivity contribution in [3.63, 3.8) is 0 Å². The van der Waals surface area contributed by atoms with Crippen molar-refractivity contribution >= 4 is 30.7 Å². The highest BCUT2D eigenvalue weighted by molar-refractivity contribution is 5.94. The van der Waals surface area contributed by atoms with Crippen LogP contribution in [-0.4, -0.2) is 43.0 Å². The Bertz CT molecular complexity index is 439. The van der Waals surface area contributed by atoms with Crippen molar-refractivity contribution in [3.8, 4) is 0 Å². The van der Waals surface area contributed by atoms with Crippen LogP contribution in [0.2, 0.25) is 0 Å². The number of nitrogens with zero attached hydrogens (tertiary/aromatic N) is 2. The molecule has 1 aromatic rings. The summed E-state index contributed by atoms with van der Waals surface area (Å²) in [6.07, 6.45) is 1.61. The molecule has 0 bridgehead atoms. The van der Waals surface area contributed by atoms with Gasteiger partial charge < -0.3 is 16.0 Å². The summed E-state index contributed by atoms with van der Waals surface area (Å²) >= 11 is 0. The largest absolute Gasteiger partial charge is 0.351 e. The monoisotopic (exact) mass is 336 g/mol. The predicted octanol–water partition coefficient (Wildman–Crippen LogP) is 1.70. The fraction of sp³-hybridized carbons (Fsp3) is 0.571. The Morgan fingerprint density at radius 2 is 2.00 bits per heavy atom. The molecule has 0 atom stereocenters. The van der Waals surface area contributed by atoms with Gasteiger partial charge in [0.15, 0.2) is 0 Å². The smallest absolute Gasteiger partial charge is 0.251 e. The molecule has 0 unspecified atom stereocenters. The van der Waals surface area contributed by atoms with Gasteiger partial charge >= 0.3 is 0 Å². The van der Waals surface area contributed by atoms with E-state index in [2.05, 4.69) is 29.0 Å². The number of amides is 1. The first-order chi connectivity index (χ1) is 8.84. The van der Waals surface area contributed by atoms with Gasteiger partial charge in [-0.05, 0) is 31.6 Å². The normalized spacial score (nSPS) is 10.6. The van der Waals surface area contributed by atoms with E-state index in [-0.39, 0.29) is 36.1 Å². The lowest BCUT2D eigenvalue weighted by molar-refractivity contribution is 0.0929. The fourth-order valence-corrected chi connectivity index (χ4v) is 2.06. The molecular weight excluding hydrogens is 311 g/mol. The molecule has 0 aromatic carbocycles. The topological polar surface area (TPSA) is 71.2 Å². The van der Waals surface area contributed by atoms with Crippen molar-refractivity contribution in [3.05, 3.63) is 29.6 Å². The molecule has 0 radical (unpaired) electrons. The summed E-state index contributed by atoms with van der Waals surface area (Å²) < 4.78 is 0. The SMILES string of the molecule is CN(C)CC(C)(C)CNC(=O)c1ccnc(CN)c1.Cl.Cl. The summed E-state index contributed by atoms with van der Waals surface area (Å²) in [5, 5.41) is 2.96. The zero-order valence-electron chi connectivity index (χ0n) is 13.0. The number of rotatable bonds is 6. The maximum Gasteiger partial charge on any atom is 0.251 e. The van der Waals surface area contributed by atoms with Crippen molar-refractivity contribution in [2.24, 2.45) is 11.1 Å². The standard InChI is InChI=1S/C14H24N4O.2ClH/c1-14(2,10-18(3)4)9-17-13(19)11-5-6-16-12(7-11)8-15;;/h5-7H,8-10,15H2,1-4H3,(H,17,19);2*1H. The van der Waals surface area contributed by atoms with Gasteiger partial charge in [-0.25, -0.2) is 0 Å². The first-order valence-electron chi connectivity index (χ1n) is 6.42. The average molecular weight is 337 g/mol. The molecule has 21 heavy (non-hydrogen) atoms. The van der Waals surface area contributed by atoms with Crippen LogP contribution in [0.1, 0.15) is 29.9 Å². The molecule has 0 fully saturated rings. The highest BCUT2D eigenvalue weighted by Gasteiger charge is 2.20. The van der Waals surface area contributed by atoms with Gasteiger partial charge in [-0.2, -0.15) is 0 Å². The lowest BCUT2D eigenvalue weighted by Gasteiger charge is -2.28. The number of carbonyl (C=O) groups is 1. The van der Waals surface area contributed by atoms with Crippen molar-refractivity contribution in [2.75, 3.05) is 27.2 Å². The molecule has 1 rings (SSSR count). The quantitative estimate of drug-likeness (QED) is 0.829. The first-order valence-corrected chi connectivity index (χ1v) is 6.42. The third kappa shape index (κ3) is 8.21. The van der Waals surface area contributed by atoms with Gasteiger partial charge in [0.2, 0.25) is 0 Å². The first kappa shape index (κ1) is 22.4. The maximum absolute atomic E-state index is 12.1. The Morgan fingerprint density at radius 1 is 1.38 bits per heavy atom. The number of hydrogen-bond acceptors (Lipinski definition) is 4. The van der Waals surface area contributed by atoms with Gasteiger partial charge in [-0.15, -0.1) is 24.8 Å². The van der Waals surface area contributed by atoms with Crippen molar-refractivity contribution in [1.29, 1.82) is 0 Å². The van der Waals surface area contributed by atoms with Crippen LogP contribution in [0.4, 0.5) is 0 Å². The van der Waals surface area contributed by atoms with Crippen LogP contribution >= 0.6 is 24.8 Å². The van der Waals surface area contributed by atoms with Gasteiger partial charge in [0.25, 0.3) is 5.91 Å². The van der Waals surface area contributed by atoms with Crippen LogP contribution in [0, 0.1) is 5.41 Å². The van der Waals surface area contributed by atoms with Gasteiger partial charge in [-0.3, -0.25) is 9.78 Å². The number of nitrogens with one attached hydrogen (secondary N) is 1. The van der Waals surface area contributed by atoms with E-state index >= 15 is 0 Å². The number of hydrogen-bond donors (Lipinski definition) is 2. The van der Waals surface area contributed by atoms with Gasteiger partial charge in [0, 0.05) is 31.4 Å². The molecule has 1 aromatic heterocycles. The summed E-state index contributed by atoms with van der Waals surface area (Å²) in [7, 11) is 4.06. The molecule has 5 nitrogen and oxygen atoms in total. The van der Waals surface area contributed by atoms with Crippen molar-refractivity contribution in [1.82, 2.24) is 15.2 Å². The Labute approximate surface area is 139 Å². The second-order valence-electron chi connectivity index (χ2n) is 5.82. The minimum absolute atomic E-state index is 0. The van der Waals surface area contributed by atoms with Crippen LogP contribution in [-0.2, 0) is 6.54 Å². The van der Waals surface area contributed by atoms with E-state index in [1.165, 1.54) is 0 Å². The fourth-order valence-electron chi connectivity index (χ4n) is 2.06. The predicted molar refractivity (Wildman–Crippen MR) is 91.3 cm³/mol. The van der Waals surface area contributed by atoms with Gasteiger partial charge in [-0.1, -0.05) is 13.8 Å². The summed E-state index contributed by atoms with van der Waals surface area (Å²) in [4.78, 5) is 18.2. The second-order valence-corrected chi connectivity index (χ2v) is 5.82. The van der Waals surface area contributed by atoms with E-state index in [1.807, 2.05) is 14.1 Å². The Balaban J connectivity index is 0. The third-order valence-electron chi connectivity index (χ3n) is 2.76. The van der Waals surface area contributed by atoms with Crippen LogP contribution in [0.3, 0.4) is 0 Å². The molecule has 3 N–H and O–H groups in total. The Kier molecular flexibility index (Phi) is 10.6. The van der Waals surface area contributed by atoms with E-state index in [0.29, 0.717) is 18.7 Å². The summed E-state index contributed by atoms with van der Waals surface area (Å²) in [6.45, 7) is 6.14. The molecule has 0 saturated carbocycles. The van der Waals surface area contributed by atoms with E-state index in [9.17, 15) is 4.79 Å². The lowest BCUT2D eigenvalue weighted by atomic mass is 9.93. The van der Waals surface area contributed by atoms with Crippen LogP contribution in [0.25, 0.3) is 0 Å². The summed E-state index contributed by atoms with van der Waals surface area (Å²) in [5.41, 5.74) is 6.88. The molecule has 1 amide bonds. The number of aromatic nitrogens is 1. The van der Waals surface area contributed by atoms with Crippen LogP contribution < -0.4 is 11.1 Å². The highest BCUT2D eigenvalue weighted by atomic mass is 35.5. The van der Waals surface area contributed by atoms with E-state index in [0.717, 1.165) is 12.2 Å². The Hall–Kier alpha value is -0.880. The third-order valence-corrected chi connectivity index (χ3v) is 2.76.